The van der Waals surface area contributed by atoms with Crippen molar-refractivity contribution in [2.45, 2.75) is 53.1 Å². The summed E-state index contributed by atoms with van der Waals surface area (Å²) in [6.45, 7) is 9.44. The molecule has 4 heteroatoms. The van der Waals surface area contributed by atoms with E-state index in [9.17, 15) is 0 Å². The molecule has 0 aromatic carbocycles. The molecule has 2 atom stereocenters. The van der Waals surface area contributed by atoms with Gasteiger partial charge in [-0.25, -0.2) is 0 Å². The summed E-state index contributed by atoms with van der Waals surface area (Å²) in [7, 11) is 2.02. The van der Waals surface area contributed by atoms with Crippen LogP contribution in [0.2, 0.25) is 5.02 Å². The maximum Gasteiger partial charge on any atom is 0.0847 e. The summed E-state index contributed by atoms with van der Waals surface area (Å²) in [6, 6.07) is 0.457. The molecule has 0 aliphatic heterocycles. The zero-order chi connectivity index (χ0) is 13.0. The molecular weight excluding hydrogens is 234 g/mol. The average Bonchev–Trinajstić information content (AvgIpc) is 2.61. The molecule has 2 unspecified atom stereocenters. The summed E-state index contributed by atoms with van der Waals surface area (Å²) >= 11 is 6.33. The minimum atomic E-state index is 0.457. The van der Waals surface area contributed by atoms with Crippen LogP contribution < -0.4 is 5.32 Å². The third-order valence-corrected chi connectivity index (χ3v) is 4.06. The molecule has 17 heavy (non-hydrogen) atoms. The normalized spacial score (nSPS) is 14.9. The molecule has 0 bridgehead atoms. The first-order valence-corrected chi connectivity index (χ1v) is 6.81. The SMILES string of the molecule is CCC(C)C(Cc1c(Cl)c(C)nn1CC)NC. The van der Waals surface area contributed by atoms with Gasteiger partial charge in [-0.05, 0) is 26.8 Å². The Morgan fingerprint density at radius 1 is 1.41 bits per heavy atom. The molecular formula is C13H24ClN3. The molecule has 1 aromatic rings. The summed E-state index contributed by atoms with van der Waals surface area (Å²) < 4.78 is 2.02. The summed E-state index contributed by atoms with van der Waals surface area (Å²) in [5, 5.41) is 8.68. The van der Waals surface area contributed by atoms with E-state index in [2.05, 4.69) is 31.2 Å². The number of hydrogen-bond donors (Lipinski definition) is 1. The third-order valence-electron chi connectivity index (χ3n) is 3.57. The molecule has 98 valence electrons. The Hall–Kier alpha value is -0.540. The van der Waals surface area contributed by atoms with Crippen LogP contribution in [-0.2, 0) is 13.0 Å². The first-order chi connectivity index (χ1) is 8.04. The molecule has 1 rings (SSSR count). The summed E-state index contributed by atoms with van der Waals surface area (Å²) in [6.07, 6.45) is 2.11. The van der Waals surface area contributed by atoms with Crippen molar-refractivity contribution in [1.82, 2.24) is 15.1 Å². The Labute approximate surface area is 110 Å². The fourth-order valence-corrected chi connectivity index (χ4v) is 2.36. The van der Waals surface area contributed by atoms with Crippen LogP contribution in [0.15, 0.2) is 0 Å². The second-order valence-corrected chi connectivity index (χ2v) is 5.02. The average molecular weight is 258 g/mol. The maximum absolute atomic E-state index is 6.33. The molecule has 0 spiro atoms. The second-order valence-electron chi connectivity index (χ2n) is 4.65. The van der Waals surface area contributed by atoms with Crippen LogP contribution >= 0.6 is 11.6 Å². The molecule has 1 N–H and O–H groups in total. The van der Waals surface area contributed by atoms with Crippen molar-refractivity contribution >= 4 is 11.6 Å². The van der Waals surface area contributed by atoms with Gasteiger partial charge in [0.2, 0.25) is 0 Å². The monoisotopic (exact) mass is 257 g/mol. The second kappa shape index (κ2) is 6.41. The highest BCUT2D eigenvalue weighted by Crippen LogP contribution is 2.23. The van der Waals surface area contributed by atoms with E-state index in [1.807, 2.05) is 18.7 Å². The Morgan fingerprint density at radius 2 is 2.06 bits per heavy atom. The molecule has 0 aliphatic carbocycles. The van der Waals surface area contributed by atoms with E-state index in [4.69, 9.17) is 11.6 Å². The Balaban J connectivity index is 2.92. The van der Waals surface area contributed by atoms with Gasteiger partial charge in [-0.3, -0.25) is 4.68 Å². The molecule has 3 nitrogen and oxygen atoms in total. The van der Waals surface area contributed by atoms with Crippen molar-refractivity contribution in [2.24, 2.45) is 5.92 Å². The van der Waals surface area contributed by atoms with Gasteiger partial charge in [0.05, 0.1) is 16.4 Å². The predicted octanol–water partition coefficient (Wildman–Crippen LogP) is 3.04. The topological polar surface area (TPSA) is 29.9 Å². The fourth-order valence-electron chi connectivity index (χ4n) is 2.14. The maximum atomic E-state index is 6.33. The van der Waals surface area contributed by atoms with E-state index >= 15 is 0 Å². The van der Waals surface area contributed by atoms with Gasteiger partial charge >= 0.3 is 0 Å². The quantitative estimate of drug-likeness (QED) is 0.849. The van der Waals surface area contributed by atoms with Crippen molar-refractivity contribution in [2.75, 3.05) is 7.05 Å². The van der Waals surface area contributed by atoms with Crippen LogP contribution in [-0.4, -0.2) is 22.9 Å². The van der Waals surface area contributed by atoms with Crippen LogP contribution in [0.4, 0.5) is 0 Å². The van der Waals surface area contributed by atoms with E-state index in [-0.39, 0.29) is 0 Å². The van der Waals surface area contributed by atoms with E-state index in [1.54, 1.807) is 0 Å². The number of halogens is 1. The van der Waals surface area contributed by atoms with E-state index in [1.165, 1.54) is 6.42 Å². The van der Waals surface area contributed by atoms with E-state index in [0.29, 0.717) is 12.0 Å². The van der Waals surface area contributed by atoms with Crippen molar-refractivity contribution in [3.05, 3.63) is 16.4 Å². The lowest BCUT2D eigenvalue weighted by Crippen LogP contribution is -2.34. The minimum absolute atomic E-state index is 0.457. The van der Waals surface area contributed by atoms with Crippen molar-refractivity contribution in [3.8, 4) is 0 Å². The number of rotatable bonds is 6. The number of aryl methyl sites for hydroxylation is 2. The zero-order valence-corrected chi connectivity index (χ0v) is 12.3. The first kappa shape index (κ1) is 14.5. The highest BCUT2D eigenvalue weighted by Gasteiger charge is 2.20. The molecule has 0 amide bonds. The molecule has 1 heterocycles. The smallest absolute Gasteiger partial charge is 0.0847 e. The lowest BCUT2D eigenvalue weighted by molar-refractivity contribution is 0.378. The number of aromatic nitrogens is 2. The van der Waals surface area contributed by atoms with Gasteiger partial charge in [-0.2, -0.15) is 5.10 Å². The lowest BCUT2D eigenvalue weighted by atomic mass is 9.95. The molecule has 0 fully saturated rings. The molecule has 0 radical (unpaired) electrons. The largest absolute Gasteiger partial charge is 0.316 e. The molecule has 1 aromatic heterocycles. The first-order valence-electron chi connectivity index (χ1n) is 6.44. The zero-order valence-electron chi connectivity index (χ0n) is 11.5. The summed E-state index contributed by atoms with van der Waals surface area (Å²) in [5.41, 5.74) is 2.09. The van der Waals surface area contributed by atoms with Gasteiger partial charge in [0.25, 0.3) is 0 Å². The van der Waals surface area contributed by atoms with Crippen LogP contribution in [0.1, 0.15) is 38.6 Å². The number of nitrogens with zero attached hydrogens (tertiary/aromatic N) is 2. The van der Waals surface area contributed by atoms with Gasteiger partial charge < -0.3 is 5.32 Å². The standard InChI is InChI=1S/C13H24ClN3/c1-6-9(3)11(15-5)8-12-13(14)10(4)16-17(12)7-2/h9,11,15H,6-8H2,1-5H3. The number of hydrogen-bond acceptors (Lipinski definition) is 2. The molecule has 0 saturated heterocycles. The van der Waals surface area contributed by atoms with Crippen molar-refractivity contribution in [3.63, 3.8) is 0 Å². The number of likely N-dealkylation sites (N-methyl/N-ethyl adjacent to an activating group) is 1. The van der Waals surface area contributed by atoms with Gasteiger partial charge in [0, 0.05) is 19.0 Å². The predicted molar refractivity (Wildman–Crippen MR) is 73.7 cm³/mol. The van der Waals surface area contributed by atoms with Gasteiger partial charge in [0.1, 0.15) is 0 Å². The Morgan fingerprint density at radius 3 is 2.53 bits per heavy atom. The van der Waals surface area contributed by atoms with Crippen LogP contribution in [0.5, 0.6) is 0 Å². The fraction of sp³-hybridized carbons (Fsp3) is 0.769. The summed E-state index contributed by atoms with van der Waals surface area (Å²) in [4.78, 5) is 0. The molecule has 0 saturated carbocycles. The third kappa shape index (κ3) is 3.23. The Kier molecular flexibility index (Phi) is 5.47. The summed E-state index contributed by atoms with van der Waals surface area (Å²) in [5.74, 6) is 0.636. The van der Waals surface area contributed by atoms with Crippen LogP contribution in [0.3, 0.4) is 0 Å². The van der Waals surface area contributed by atoms with Gasteiger partial charge in [0.15, 0.2) is 0 Å². The van der Waals surface area contributed by atoms with Crippen LogP contribution in [0.25, 0.3) is 0 Å². The Bertz CT molecular complexity index is 360. The van der Waals surface area contributed by atoms with Gasteiger partial charge in [-0.15, -0.1) is 0 Å². The minimum Gasteiger partial charge on any atom is -0.316 e. The van der Waals surface area contributed by atoms with E-state index < -0.39 is 0 Å². The van der Waals surface area contributed by atoms with Gasteiger partial charge in [-0.1, -0.05) is 31.9 Å². The van der Waals surface area contributed by atoms with Crippen molar-refractivity contribution in [1.29, 1.82) is 0 Å². The highest BCUT2D eigenvalue weighted by atomic mass is 35.5. The highest BCUT2D eigenvalue weighted by molar-refractivity contribution is 6.31. The molecule has 0 aliphatic rings. The van der Waals surface area contributed by atoms with Crippen molar-refractivity contribution < 1.29 is 0 Å². The van der Waals surface area contributed by atoms with Crippen LogP contribution in [0, 0.1) is 12.8 Å². The lowest BCUT2D eigenvalue weighted by Gasteiger charge is -2.22. The van der Waals surface area contributed by atoms with E-state index in [0.717, 1.165) is 29.4 Å². The number of nitrogens with one attached hydrogen (secondary N) is 1.